The molecular weight excluding hydrogens is 392 g/mol. The topological polar surface area (TPSA) is 87.5 Å². The number of halogens is 1. The van der Waals surface area contributed by atoms with Crippen LogP contribution in [0.5, 0.6) is 0 Å². The molecule has 0 fully saturated rings. The van der Waals surface area contributed by atoms with E-state index < -0.39 is 5.37 Å². The van der Waals surface area contributed by atoms with Gasteiger partial charge in [-0.2, -0.15) is 10.2 Å². The number of thioether (sulfide) groups is 1. The second kappa shape index (κ2) is 7.69. The quantitative estimate of drug-likeness (QED) is 0.365. The average Bonchev–Trinajstić information content (AvgIpc) is 2.87. The van der Waals surface area contributed by atoms with Crippen LogP contribution >= 0.6 is 34.7 Å². The molecule has 2 aromatic heterocycles. The van der Waals surface area contributed by atoms with Gasteiger partial charge in [0.25, 0.3) is 5.56 Å². The molecule has 0 spiro atoms. The third-order valence-corrected chi connectivity index (χ3v) is 6.11. The Bertz CT molecular complexity index is 1060. The minimum Gasteiger partial charge on any atom is -0.301 e. The average molecular weight is 407 g/mol. The number of rotatable bonds is 5. The van der Waals surface area contributed by atoms with E-state index in [1.54, 1.807) is 24.3 Å². The van der Waals surface area contributed by atoms with E-state index >= 15 is 0 Å². The summed E-state index contributed by atoms with van der Waals surface area (Å²) in [6.45, 7) is 5.28. The Balaban J connectivity index is 1.88. The fraction of sp³-hybridized carbons (Fsp3) is 0.235. The normalized spacial score (nSPS) is 12.8. The summed E-state index contributed by atoms with van der Waals surface area (Å²) in [4.78, 5) is 33.2. The van der Waals surface area contributed by atoms with Gasteiger partial charge in [-0.15, -0.1) is 11.3 Å². The zero-order valence-corrected chi connectivity index (χ0v) is 16.6. The van der Waals surface area contributed by atoms with Crippen LogP contribution in [0.3, 0.4) is 0 Å². The molecular formula is C17H15ClN4O2S2. The molecule has 1 atom stereocenters. The van der Waals surface area contributed by atoms with Gasteiger partial charge in [0.05, 0.1) is 11.1 Å². The second-order valence-electron chi connectivity index (χ2n) is 5.61. The Morgan fingerprint density at radius 1 is 1.31 bits per heavy atom. The molecule has 26 heavy (non-hydrogen) atoms. The van der Waals surface area contributed by atoms with Crippen LogP contribution < -0.4 is 5.56 Å². The van der Waals surface area contributed by atoms with E-state index in [4.69, 9.17) is 11.6 Å². The van der Waals surface area contributed by atoms with Gasteiger partial charge in [0, 0.05) is 9.90 Å². The zero-order valence-electron chi connectivity index (χ0n) is 14.2. The second-order valence-corrected chi connectivity index (χ2v) is 8.32. The monoisotopic (exact) mass is 406 g/mol. The summed E-state index contributed by atoms with van der Waals surface area (Å²) in [6.07, 6.45) is 0. The Kier molecular flexibility index (Phi) is 5.55. The van der Waals surface area contributed by atoms with Crippen LogP contribution in [0.1, 0.15) is 17.4 Å². The fourth-order valence-electron chi connectivity index (χ4n) is 2.21. The molecule has 0 aliphatic rings. The number of nitrogens with one attached hydrogen (secondary N) is 1. The molecule has 0 saturated carbocycles. The van der Waals surface area contributed by atoms with Gasteiger partial charge < -0.3 is 4.98 Å². The molecule has 3 aromatic rings. The predicted molar refractivity (Wildman–Crippen MR) is 106 cm³/mol. The van der Waals surface area contributed by atoms with Gasteiger partial charge in [0.2, 0.25) is 0 Å². The van der Waals surface area contributed by atoms with Gasteiger partial charge in [-0.05, 0) is 50.6 Å². The number of fused-ring (bicyclic) bond motifs is 1. The number of hydrogen-bond donors (Lipinski definition) is 1. The maximum atomic E-state index is 12.3. The first kappa shape index (κ1) is 18.8. The van der Waals surface area contributed by atoms with Crippen LogP contribution in [0.25, 0.3) is 10.2 Å². The molecule has 0 bridgehead atoms. The molecule has 0 amide bonds. The Morgan fingerprint density at radius 3 is 2.65 bits per heavy atom. The molecule has 1 unspecified atom stereocenters. The molecule has 0 aliphatic heterocycles. The number of benzene rings is 1. The van der Waals surface area contributed by atoms with Crippen LogP contribution in [-0.2, 0) is 4.79 Å². The number of carbonyl (C=O) groups is 1. The van der Waals surface area contributed by atoms with Crippen LogP contribution in [0.15, 0.2) is 44.4 Å². The van der Waals surface area contributed by atoms with Crippen molar-refractivity contribution in [2.75, 3.05) is 0 Å². The molecule has 1 N–H and O–H groups in total. The summed E-state index contributed by atoms with van der Waals surface area (Å²) >= 11 is 8.36. The van der Waals surface area contributed by atoms with Crippen molar-refractivity contribution in [2.24, 2.45) is 10.2 Å². The number of ketones is 1. The van der Waals surface area contributed by atoms with Gasteiger partial charge >= 0.3 is 0 Å². The van der Waals surface area contributed by atoms with Crippen LogP contribution in [-0.4, -0.2) is 21.1 Å². The number of thiophene rings is 1. The number of aromatic nitrogens is 2. The highest BCUT2D eigenvalue weighted by Gasteiger charge is 2.19. The fourth-order valence-corrected chi connectivity index (χ4v) is 4.19. The van der Waals surface area contributed by atoms with Crippen molar-refractivity contribution in [2.45, 2.75) is 31.3 Å². The number of Topliss-reactive ketones (excluding diaryl/α,β-unsaturated/α-hetero) is 1. The van der Waals surface area contributed by atoms with E-state index in [2.05, 4.69) is 20.2 Å². The lowest BCUT2D eigenvalue weighted by Crippen LogP contribution is -2.14. The summed E-state index contributed by atoms with van der Waals surface area (Å²) in [5.41, 5.74) is 1.31. The lowest BCUT2D eigenvalue weighted by molar-refractivity contribution is -0.116. The van der Waals surface area contributed by atoms with Gasteiger partial charge in [-0.1, -0.05) is 23.4 Å². The van der Waals surface area contributed by atoms with Crippen molar-refractivity contribution in [1.29, 1.82) is 0 Å². The number of hydrogen-bond acceptors (Lipinski definition) is 7. The molecule has 9 heteroatoms. The lowest BCUT2D eigenvalue weighted by atomic mass is 10.2. The van der Waals surface area contributed by atoms with Crippen molar-refractivity contribution in [1.82, 2.24) is 9.97 Å². The molecule has 6 nitrogen and oxygen atoms in total. The first-order valence-corrected chi connectivity index (χ1v) is 9.76. The summed E-state index contributed by atoms with van der Waals surface area (Å²) in [6, 6.07) is 6.80. The number of carbonyl (C=O) groups excluding carboxylic acids is 1. The smallest absolute Gasteiger partial charge is 0.260 e. The first-order valence-electron chi connectivity index (χ1n) is 7.68. The molecule has 0 aliphatic carbocycles. The van der Waals surface area contributed by atoms with Gasteiger partial charge in [0.1, 0.15) is 4.83 Å². The minimum atomic E-state index is -0.798. The number of nitrogens with zero attached hydrogens (tertiary/aromatic N) is 3. The van der Waals surface area contributed by atoms with Crippen molar-refractivity contribution < 1.29 is 4.79 Å². The van der Waals surface area contributed by atoms with Gasteiger partial charge in [0.15, 0.2) is 16.3 Å². The van der Waals surface area contributed by atoms with Gasteiger partial charge in [-0.3, -0.25) is 9.59 Å². The zero-order chi connectivity index (χ0) is 18.8. The maximum Gasteiger partial charge on any atom is 0.260 e. The van der Waals surface area contributed by atoms with E-state index in [1.165, 1.54) is 18.3 Å². The molecule has 0 saturated heterocycles. The minimum absolute atomic E-state index is 0.186. The van der Waals surface area contributed by atoms with Crippen LogP contribution in [0.2, 0.25) is 5.02 Å². The highest BCUT2D eigenvalue weighted by Crippen LogP contribution is 2.29. The Labute approximate surface area is 162 Å². The van der Waals surface area contributed by atoms with Crippen LogP contribution in [0, 0.1) is 13.8 Å². The molecule has 3 rings (SSSR count). The van der Waals surface area contributed by atoms with Crippen molar-refractivity contribution in [3.8, 4) is 0 Å². The van der Waals surface area contributed by atoms with Crippen LogP contribution in [0.4, 0.5) is 5.69 Å². The van der Waals surface area contributed by atoms with E-state index in [1.807, 2.05) is 13.8 Å². The summed E-state index contributed by atoms with van der Waals surface area (Å²) in [5.74, 6) is -0.186. The van der Waals surface area contributed by atoms with E-state index in [9.17, 15) is 9.59 Å². The predicted octanol–water partition coefficient (Wildman–Crippen LogP) is 5.05. The Morgan fingerprint density at radius 2 is 2.00 bits per heavy atom. The largest absolute Gasteiger partial charge is 0.301 e. The van der Waals surface area contributed by atoms with Crippen molar-refractivity contribution in [3.63, 3.8) is 0 Å². The molecule has 2 heterocycles. The number of H-pyrrole nitrogens is 1. The Hall–Kier alpha value is -2.03. The lowest BCUT2D eigenvalue weighted by Gasteiger charge is -2.06. The maximum absolute atomic E-state index is 12.3. The SMILES string of the molecule is CC(=O)C(N=Nc1ccc(Cl)cc1)Sc1nc2sc(C)c(C)c2c(=O)[nH]1. The third kappa shape index (κ3) is 4.03. The number of aromatic amines is 1. The van der Waals surface area contributed by atoms with Gasteiger partial charge in [-0.25, -0.2) is 4.98 Å². The summed E-state index contributed by atoms with van der Waals surface area (Å²) in [5, 5.41) is 8.90. The van der Waals surface area contributed by atoms with E-state index in [0.717, 1.165) is 22.2 Å². The van der Waals surface area contributed by atoms with E-state index in [0.29, 0.717) is 26.1 Å². The van der Waals surface area contributed by atoms with Crippen molar-refractivity contribution in [3.05, 3.63) is 50.1 Å². The third-order valence-electron chi connectivity index (χ3n) is 3.69. The van der Waals surface area contributed by atoms with Crippen molar-refractivity contribution >= 4 is 56.4 Å². The molecule has 134 valence electrons. The highest BCUT2D eigenvalue weighted by atomic mass is 35.5. The molecule has 0 radical (unpaired) electrons. The first-order chi connectivity index (χ1) is 12.3. The number of aryl methyl sites for hydroxylation is 2. The summed E-state index contributed by atoms with van der Waals surface area (Å²) < 4.78 is 0. The van der Waals surface area contributed by atoms with E-state index in [-0.39, 0.29) is 11.3 Å². The molecule has 1 aromatic carbocycles. The highest BCUT2D eigenvalue weighted by molar-refractivity contribution is 8.00. The number of azo groups is 1. The standard InChI is InChI=1S/C17H15ClN4O2S2/c1-8-10(3)25-16-13(8)14(24)19-17(20-16)26-15(9(2)23)22-21-12-6-4-11(18)5-7-12/h4-7,15H,1-3H3,(H,19,20,24). The summed E-state index contributed by atoms with van der Waals surface area (Å²) in [7, 11) is 0.